The molecule has 1 unspecified atom stereocenters. The van der Waals surface area contributed by atoms with Crippen LogP contribution in [0.5, 0.6) is 0 Å². The van der Waals surface area contributed by atoms with Crippen LogP contribution in [-0.2, 0) is 11.2 Å². The molecule has 0 heterocycles. The third-order valence-electron chi connectivity index (χ3n) is 2.46. The Morgan fingerprint density at radius 1 is 1.31 bits per heavy atom. The number of nitrogens with zero attached hydrogens (tertiary/aromatic N) is 1. The highest BCUT2D eigenvalue weighted by Gasteiger charge is 2.25. The first-order valence-corrected chi connectivity index (χ1v) is 5.37. The number of amides is 1. The summed E-state index contributed by atoms with van der Waals surface area (Å²) in [5.74, 6) is -0.0547. The van der Waals surface area contributed by atoms with Crippen molar-refractivity contribution in [3.8, 4) is 0 Å². The molecule has 0 aromatic heterocycles. The molecular weight excluding hydrogens is 202 g/mol. The van der Waals surface area contributed by atoms with Crippen molar-refractivity contribution in [2.24, 2.45) is 0 Å². The second kappa shape index (κ2) is 5.12. The molecule has 1 rings (SSSR count). The van der Waals surface area contributed by atoms with E-state index in [9.17, 15) is 9.90 Å². The molecule has 1 amide bonds. The quantitative estimate of drug-likeness (QED) is 0.836. The van der Waals surface area contributed by atoms with Crippen molar-refractivity contribution in [2.45, 2.75) is 25.4 Å². The van der Waals surface area contributed by atoms with Gasteiger partial charge in [-0.3, -0.25) is 4.79 Å². The lowest BCUT2D eigenvalue weighted by Gasteiger charge is -2.24. The summed E-state index contributed by atoms with van der Waals surface area (Å²) in [5, 5.41) is 10.1. The number of hydrogen-bond donors (Lipinski definition) is 1. The van der Waals surface area contributed by atoms with Gasteiger partial charge in [0.05, 0.1) is 12.0 Å². The maximum atomic E-state index is 11.5. The molecule has 3 nitrogen and oxygen atoms in total. The van der Waals surface area contributed by atoms with E-state index in [4.69, 9.17) is 0 Å². The molecule has 1 N–H and O–H groups in total. The smallest absolute Gasteiger partial charge is 0.224 e. The topological polar surface area (TPSA) is 40.5 Å². The second-order valence-electron chi connectivity index (χ2n) is 4.62. The Balaban J connectivity index is 2.62. The first-order chi connectivity index (χ1) is 7.41. The molecule has 88 valence electrons. The van der Waals surface area contributed by atoms with Crippen LogP contribution in [-0.4, -0.2) is 35.6 Å². The minimum absolute atomic E-state index is 0.0547. The third-order valence-corrected chi connectivity index (χ3v) is 2.46. The fraction of sp³-hybridized carbons (Fsp3) is 0.462. The zero-order valence-corrected chi connectivity index (χ0v) is 10.1. The zero-order chi connectivity index (χ0) is 12.2. The lowest BCUT2D eigenvalue weighted by atomic mass is 9.93. The average Bonchev–Trinajstić information content (AvgIpc) is 2.17. The zero-order valence-electron chi connectivity index (χ0n) is 10.1. The van der Waals surface area contributed by atoms with Crippen LogP contribution in [0.1, 0.15) is 18.9 Å². The van der Waals surface area contributed by atoms with Crippen LogP contribution in [0.4, 0.5) is 0 Å². The van der Waals surface area contributed by atoms with Gasteiger partial charge in [0.1, 0.15) is 0 Å². The minimum Gasteiger partial charge on any atom is -0.389 e. The van der Waals surface area contributed by atoms with Crippen molar-refractivity contribution >= 4 is 5.91 Å². The summed E-state index contributed by atoms with van der Waals surface area (Å²) >= 11 is 0. The lowest BCUT2D eigenvalue weighted by Crippen LogP contribution is -2.35. The molecule has 0 spiro atoms. The number of hydrogen-bond acceptors (Lipinski definition) is 2. The van der Waals surface area contributed by atoms with Crippen molar-refractivity contribution in [1.29, 1.82) is 0 Å². The maximum absolute atomic E-state index is 11.5. The summed E-state index contributed by atoms with van der Waals surface area (Å²) in [7, 11) is 3.39. The molecular formula is C13H19NO2. The van der Waals surface area contributed by atoms with E-state index in [2.05, 4.69) is 0 Å². The predicted octanol–water partition coefficient (Wildman–Crippen LogP) is 1.46. The van der Waals surface area contributed by atoms with Crippen LogP contribution in [0.25, 0.3) is 0 Å². The maximum Gasteiger partial charge on any atom is 0.224 e. The average molecular weight is 221 g/mol. The highest BCUT2D eigenvalue weighted by atomic mass is 16.3. The number of rotatable bonds is 4. The molecule has 0 aliphatic rings. The van der Waals surface area contributed by atoms with Gasteiger partial charge in [0.25, 0.3) is 0 Å². The Labute approximate surface area is 96.7 Å². The van der Waals surface area contributed by atoms with Crippen molar-refractivity contribution in [2.75, 3.05) is 14.1 Å². The van der Waals surface area contributed by atoms with Crippen molar-refractivity contribution in [3.05, 3.63) is 35.9 Å². The van der Waals surface area contributed by atoms with E-state index in [0.717, 1.165) is 5.56 Å². The molecule has 0 aliphatic carbocycles. The van der Waals surface area contributed by atoms with Crippen LogP contribution < -0.4 is 0 Å². The summed E-state index contributed by atoms with van der Waals surface area (Å²) in [6, 6.07) is 9.70. The summed E-state index contributed by atoms with van der Waals surface area (Å²) in [4.78, 5) is 13.0. The van der Waals surface area contributed by atoms with Crippen LogP contribution in [0.2, 0.25) is 0 Å². The number of carbonyl (C=O) groups is 1. The highest BCUT2D eigenvalue weighted by molar-refractivity contribution is 5.76. The summed E-state index contributed by atoms with van der Waals surface area (Å²) < 4.78 is 0. The molecule has 0 bridgehead atoms. The highest BCUT2D eigenvalue weighted by Crippen LogP contribution is 2.17. The molecule has 1 aromatic carbocycles. The van der Waals surface area contributed by atoms with Gasteiger partial charge in [-0.05, 0) is 12.5 Å². The molecule has 0 saturated carbocycles. The van der Waals surface area contributed by atoms with Gasteiger partial charge in [-0.2, -0.15) is 0 Å². The fourth-order valence-electron chi connectivity index (χ4n) is 1.58. The van der Waals surface area contributed by atoms with Gasteiger partial charge in [0.2, 0.25) is 5.91 Å². The largest absolute Gasteiger partial charge is 0.389 e. The van der Waals surface area contributed by atoms with Crippen LogP contribution >= 0.6 is 0 Å². The van der Waals surface area contributed by atoms with Crippen LogP contribution in [0.15, 0.2) is 30.3 Å². The summed E-state index contributed by atoms with van der Waals surface area (Å²) in [5.41, 5.74) is 0.0574. The van der Waals surface area contributed by atoms with E-state index < -0.39 is 5.60 Å². The molecule has 16 heavy (non-hydrogen) atoms. The standard InChI is InChI=1S/C13H19NO2/c1-13(16,10-12(15)14(2)3)9-11-7-5-4-6-8-11/h4-8,16H,9-10H2,1-3H3. The van der Waals surface area contributed by atoms with Gasteiger partial charge in [-0.25, -0.2) is 0 Å². The van der Waals surface area contributed by atoms with Crippen molar-refractivity contribution in [1.82, 2.24) is 4.90 Å². The van der Waals surface area contributed by atoms with Crippen LogP contribution in [0.3, 0.4) is 0 Å². The van der Waals surface area contributed by atoms with E-state index in [1.807, 2.05) is 30.3 Å². The number of benzene rings is 1. The Morgan fingerprint density at radius 3 is 2.38 bits per heavy atom. The summed E-state index contributed by atoms with van der Waals surface area (Å²) in [6.45, 7) is 1.70. The van der Waals surface area contributed by atoms with E-state index in [0.29, 0.717) is 6.42 Å². The van der Waals surface area contributed by atoms with Gasteiger partial charge in [-0.15, -0.1) is 0 Å². The Kier molecular flexibility index (Phi) is 4.07. The van der Waals surface area contributed by atoms with Gasteiger partial charge in [0, 0.05) is 20.5 Å². The number of aliphatic hydroxyl groups is 1. The normalized spacial score (nSPS) is 14.2. The van der Waals surface area contributed by atoms with Gasteiger partial charge >= 0.3 is 0 Å². The Bertz CT molecular complexity index is 344. The third kappa shape index (κ3) is 4.03. The molecule has 0 saturated heterocycles. The molecule has 3 heteroatoms. The monoisotopic (exact) mass is 221 g/mol. The van der Waals surface area contributed by atoms with Gasteiger partial charge in [0.15, 0.2) is 0 Å². The van der Waals surface area contributed by atoms with Gasteiger partial charge < -0.3 is 10.0 Å². The molecule has 0 radical (unpaired) electrons. The van der Waals surface area contributed by atoms with Gasteiger partial charge in [-0.1, -0.05) is 30.3 Å². The first-order valence-electron chi connectivity index (χ1n) is 5.37. The summed E-state index contributed by atoms with van der Waals surface area (Å²) in [6.07, 6.45) is 0.641. The molecule has 1 aromatic rings. The predicted molar refractivity (Wildman–Crippen MR) is 64.1 cm³/mol. The molecule has 1 atom stereocenters. The van der Waals surface area contributed by atoms with E-state index in [1.165, 1.54) is 4.90 Å². The van der Waals surface area contributed by atoms with E-state index in [-0.39, 0.29) is 12.3 Å². The molecule has 0 fully saturated rings. The van der Waals surface area contributed by atoms with Crippen molar-refractivity contribution < 1.29 is 9.90 Å². The molecule has 0 aliphatic heterocycles. The lowest BCUT2D eigenvalue weighted by molar-refractivity contribution is -0.133. The minimum atomic E-state index is -0.983. The van der Waals surface area contributed by atoms with Crippen LogP contribution in [0, 0.1) is 0 Å². The SMILES string of the molecule is CN(C)C(=O)CC(C)(O)Cc1ccccc1. The van der Waals surface area contributed by atoms with E-state index in [1.54, 1.807) is 21.0 Å². The Hall–Kier alpha value is -1.35. The van der Waals surface area contributed by atoms with E-state index >= 15 is 0 Å². The Morgan fingerprint density at radius 2 is 1.88 bits per heavy atom. The van der Waals surface area contributed by atoms with Crippen molar-refractivity contribution in [3.63, 3.8) is 0 Å². The fourth-order valence-corrected chi connectivity index (χ4v) is 1.58. The second-order valence-corrected chi connectivity index (χ2v) is 4.62. The number of carbonyl (C=O) groups excluding carboxylic acids is 1. The first kappa shape index (κ1) is 12.7.